The number of esters is 1. The predicted molar refractivity (Wildman–Crippen MR) is 189 cm³/mol. The van der Waals surface area contributed by atoms with Crippen LogP contribution in [-0.2, 0) is 34.3 Å². The van der Waals surface area contributed by atoms with E-state index in [9.17, 15) is 24.3 Å². The van der Waals surface area contributed by atoms with Crippen LogP contribution >= 0.6 is 23.1 Å². The number of hydrogen-bond acceptors (Lipinski definition) is 11. The number of ether oxygens (including phenoxy) is 1. The monoisotopic (exact) mass is 709 g/mol. The van der Waals surface area contributed by atoms with Crippen LogP contribution in [0.3, 0.4) is 0 Å². The zero-order valence-corrected chi connectivity index (χ0v) is 28.3. The average Bonchev–Trinajstić information content (AvgIpc) is 3.60. The third-order valence-corrected chi connectivity index (χ3v) is 10.2. The van der Waals surface area contributed by atoms with Gasteiger partial charge in [0.2, 0.25) is 0 Å². The maximum absolute atomic E-state index is 13.7. The molecular weight excluding hydrogens is 679 g/mol. The highest BCUT2D eigenvalue weighted by Gasteiger charge is 2.54. The molecule has 1 unspecified atom stereocenters. The first-order valence-electron chi connectivity index (χ1n) is 15.3. The molecule has 14 heteroatoms. The molecule has 2 aliphatic rings. The van der Waals surface area contributed by atoms with Gasteiger partial charge in [-0.05, 0) is 16.7 Å². The molecule has 254 valence electrons. The fourth-order valence-corrected chi connectivity index (χ4v) is 7.95. The van der Waals surface area contributed by atoms with Crippen LogP contribution in [0.4, 0.5) is 5.13 Å². The molecule has 0 saturated carbocycles. The quantitative estimate of drug-likeness (QED) is 0.0443. The number of β-lactam (4-membered cyclic amide) rings is 1. The van der Waals surface area contributed by atoms with Crippen LogP contribution < -0.4 is 10.6 Å². The number of carboxylic acid groups (broad SMARTS) is 1. The summed E-state index contributed by atoms with van der Waals surface area (Å²) in [7, 11) is 0. The number of nitrogens with one attached hydrogen (secondary N) is 2. The van der Waals surface area contributed by atoms with Crippen molar-refractivity contribution in [1.29, 1.82) is 0 Å². The van der Waals surface area contributed by atoms with E-state index in [1.807, 2.05) is 91.0 Å². The molecule has 3 heterocycles. The zero-order valence-electron chi connectivity index (χ0n) is 26.6. The van der Waals surface area contributed by atoms with Crippen LogP contribution in [-0.4, -0.2) is 68.2 Å². The van der Waals surface area contributed by atoms with E-state index >= 15 is 0 Å². The first-order valence-corrected chi connectivity index (χ1v) is 17.3. The maximum Gasteiger partial charge on any atom is 0.352 e. The van der Waals surface area contributed by atoms with Crippen molar-refractivity contribution in [2.75, 3.05) is 17.7 Å². The Morgan fingerprint density at radius 1 is 1.02 bits per heavy atom. The number of fused-ring (bicyclic) bond motifs is 1. The Labute approximate surface area is 295 Å². The lowest BCUT2D eigenvalue weighted by molar-refractivity contribution is -0.150. The van der Waals surface area contributed by atoms with E-state index in [1.165, 1.54) is 30.0 Å². The SMILES string of the molecule is C=CON=C(C(=O)NC1C(=O)N2C(C(=O)O)=C(COC(C)=O)CS[C@H]12)c1csc(NC(c2ccccc2)(c2ccccc2)c2ccccc2)n1. The third-order valence-electron chi connectivity index (χ3n) is 8.08. The third kappa shape index (κ3) is 6.62. The predicted octanol–water partition coefficient (Wildman–Crippen LogP) is 4.71. The summed E-state index contributed by atoms with van der Waals surface area (Å²) < 4.78 is 4.99. The molecule has 1 saturated heterocycles. The lowest BCUT2D eigenvalue weighted by Crippen LogP contribution is -2.71. The number of carbonyl (C=O) groups is 4. The van der Waals surface area contributed by atoms with Gasteiger partial charge in [-0.15, -0.1) is 23.1 Å². The minimum atomic E-state index is -1.34. The number of thioether (sulfide) groups is 1. The second kappa shape index (κ2) is 14.8. The highest BCUT2D eigenvalue weighted by molar-refractivity contribution is 8.00. The van der Waals surface area contributed by atoms with Crippen LogP contribution in [0.1, 0.15) is 29.3 Å². The van der Waals surface area contributed by atoms with Gasteiger partial charge in [0, 0.05) is 23.6 Å². The van der Waals surface area contributed by atoms with Crippen molar-refractivity contribution >= 4 is 57.7 Å². The number of carbonyl (C=O) groups excluding carboxylic acids is 3. The smallest absolute Gasteiger partial charge is 0.352 e. The van der Waals surface area contributed by atoms with Gasteiger partial charge in [0.25, 0.3) is 11.8 Å². The van der Waals surface area contributed by atoms with E-state index in [0.717, 1.165) is 27.9 Å². The van der Waals surface area contributed by atoms with Gasteiger partial charge in [0.1, 0.15) is 41.2 Å². The molecule has 3 aromatic carbocycles. The number of carboxylic acids is 1. The number of hydrogen-bond donors (Lipinski definition) is 3. The van der Waals surface area contributed by atoms with Crippen molar-refractivity contribution < 1.29 is 33.9 Å². The summed E-state index contributed by atoms with van der Waals surface area (Å²) in [5.41, 5.74) is 1.99. The van der Waals surface area contributed by atoms with Gasteiger partial charge < -0.3 is 25.3 Å². The molecule has 0 aliphatic carbocycles. The fraction of sp³-hybridized carbons (Fsp3) is 0.167. The molecular formula is C36H31N5O7S2. The lowest BCUT2D eigenvalue weighted by Gasteiger charge is -2.49. The summed E-state index contributed by atoms with van der Waals surface area (Å²) in [6.45, 7) is 4.46. The number of rotatable bonds is 13. The Hall–Kier alpha value is -5.73. The Kier molecular flexibility index (Phi) is 10.1. The lowest BCUT2D eigenvalue weighted by atomic mass is 9.77. The number of oxime groups is 1. The minimum Gasteiger partial charge on any atom is -0.477 e. The second-order valence-corrected chi connectivity index (χ2v) is 13.1. The molecule has 0 spiro atoms. The van der Waals surface area contributed by atoms with Crippen LogP contribution in [0, 0.1) is 0 Å². The van der Waals surface area contributed by atoms with E-state index in [2.05, 4.69) is 22.4 Å². The number of thiazole rings is 1. The number of nitrogens with zero attached hydrogens (tertiary/aromatic N) is 3. The molecule has 3 N–H and O–H groups in total. The molecule has 50 heavy (non-hydrogen) atoms. The first kappa shape index (κ1) is 34.1. The summed E-state index contributed by atoms with van der Waals surface area (Å²) in [5, 5.41) is 21.6. The Morgan fingerprint density at radius 3 is 2.12 bits per heavy atom. The normalized spacial score (nSPS) is 17.3. The summed E-state index contributed by atoms with van der Waals surface area (Å²) in [6.07, 6.45) is 1.05. The summed E-state index contributed by atoms with van der Waals surface area (Å²) >= 11 is 2.50. The zero-order chi connectivity index (χ0) is 35.3. The van der Waals surface area contributed by atoms with Gasteiger partial charge in [0.05, 0.1) is 0 Å². The number of aromatic nitrogens is 1. The Bertz CT molecular complexity index is 1890. The van der Waals surface area contributed by atoms with Gasteiger partial charge in [-0.2, -0.15) is 0 Å². The largest absolute Gasteiger partial charge is 0.477 e. The van der Waals surface area contributed by atoms with Gasteiger partial charge in [0.15, 0.2) is 10.8 Å². The molecule has 2 atom stereocenters. The van der Waals surface area contributed by atoms with Gasteiger partial charge in [-0.25, -0.2) is 9.78 Å². The van der Waals surface area contributed by atoms with E-state index < -0.39 is 40.7 Å². The number of aliphatic carboxylic acids is 1. The number of anilines is 1. The van der Waals surface area contributed by atoms with Crippen LogP contribution in [0.5, 0.6) is 0 Å². The van der Waals surface area contributed by atoms with Crippen molar-refractivity contribution in [3.8, 4) is 0 Å². The van der Waals surface area contributed by atoms with Crippen molar-refractivity contribution in [2.24, 2.45) is 5.16 Å². The molecule has 2 aliphatic heterocycles. The number of amides is 2. The average molecular weight is 710 g/mol. The standard InChI is InChI=1S/C36H31N5O7S2/c1-3-48-40-28(31(43)38-29-32(44)41-30(34(45)46)23(19-47-22(2)42)20-49-33(29)41)27-21-50-35(37-27)39-36(24-13-7-4-8-14-24,25-15-9-5-10-16-25)26-17-11-6-12-18-26/h3-18,21,29,33H,1,19-20H2,2H3,(H,37,39)(H,38,43)(H,45,46)/t29?,33-/m1/s1. The summed E-state index contributed by atoms with van der Waals surface area (Å²) in [4.78, 5) is 61.3. The minimum absolute atomic E-state index is 0.176. The second-order valence-electron chi connectivity index (χ2n) is 11.1. The van der Waals surface area contributed by atoms with Crippen LogP contribution in [0.15, 0.2) is 126 Å². The van der Waals surface area contributed by atoms with Gasteiger partial charge in [-0.3, -0.25) is 19.3 Å². The summed E-state index contributed by atoms with van der Waals surface area (Å²) in [6, 6.07) is 28.8. The van der Waals surface area contributed by atoms with Crippen molar-refractivity contribution in [3.63, 3.8) is 0 Å². The maximum atomic E-state index is 13.7. The van der Waals surface area contributed by atoms with Crippen molar-refractivity contribution in [1.82, 2.24) is 15.2 Å². The fourth-order valence-electron chi connectivity index (χ4n) is 5.87. The topological polar surface area (TPSA) is 160 Å². The molecule has 0 radical (unpaired) electrons. The first-order chi connectivity index (χ1) is 24.2. The van der Waals surface area contributed by atoms with Crippen LogP contribution in [0.25, 0.3) is 0 Å². The van der Waals surface area contributed by atoms with Crippen molar-refractivity contribution in [2.45, 2.75) is 23.9 Å². The van der Waals surface area contributed by atoms with Gasteiger partial charge >= 0.3 is 11.9 Å². The molecule has 6 rings (SSSR count). The van der Waals surface area contributed by atoms with E-state index in [4.69, 9.17) is 14.6 Å². The Morgan fingerprint density at radius 2 is 1.60 bits per heavy atom. The molecule has 12 nitrogen and oxygen atoms in total. The molecule has 0 bridgehead atoms. The number of benzene rings is 3. The van der Waals surface area contributed by atoms with Crippen LogP contribution in [0.2, 0.25) is 0 Å². The molecule has 2 amide bonds. The summed E-state index contributed by atoms with van der Waals surface area (Å²) in [5.74, 6) is -3.11. The molecule has 4 aromatic rings. The molecule has 1 fully saturated rings. The molecule has 1 aromatic heterocycles. The van der Waals surface area contributed by atoms with Gasteiger partial charge in [-0.1, -0.05) is 103 Å². The Balaban J connectivity index is 1.29. The highest BCUT2D eigenvalue weighted by Crippen LogP contribution is 2.42. The van der Waals surface area contributed by atoms with E-state index in [0.29, 0.717) is 5.13 Å². The van der Waals surface area contributed by atoms with Crippen molar-refractivity contribution in [3.05, 3.63) is 143 Å². The van der Waals surface area contributed by atoms with E-state index in [-0.39, 0.29) is 35.0 Å². The van der Waals surface area contributed by atoms with E-state index in [1.54, 1.807) is 5.38 Å². The highest BCUT2D eigenvalue weighted by atomic mass is 32.2.